The molecule has 0 amide bonds. The Morgan fingerprint density at radius 1 is 0.162 bits per heavy atom. The second-order valence-electron chi connectivity index (χ2n) is 0. The maximum absolute atomic E-state index is 4.50. The van der Waals surface area contributed by atoms with Crippen LogP contribution < -0.4 is 5.73 Å². The molecule has 0 heterocycles. The Morgan fingerprint density at radius 3 is 0.162 bits per heavy atom. The van der Waals surface area contributed by atoms with E-state index >= 15 is 0 Å². The largest absolute Gasteiger partial charge is 0.333 e. The zero-order valence-corrected chi connectivity index (χ0v) is 36.6. The molecule has 0 aromatic heterocycles. The average molecular weight is 1380 g/mol. The molecule has 0 aliphatic carbocycles. The zero-order valence-electron chi connectivity index (χ0n) is 13.2. The van der Waals surface area contributed by atoms with E-state index in [1.54, 1.807) is 0 Å². The first-order valence-corrected chi connectivity index (χ1v) is 0.577. The van der Waals surface area contributed by atoms with Crippen LogP contribution in [0.5, 0.6) is 0 Å². The van der Waals surface area contributed by atoms with Gasteiger partial charge in [0, 0.05) is 1250 Å². The van der Waals surface area contributed by atoms with E-state index in [1.807, 2.05) is 0 Å². The fourth-order valence-corrected chi connectivity index (χ4v) is 0. The fraction of sp³-hybridized carbons (Fsp3) is 1.00. The Labute approximate surface area is 1220 Å². The molecule has 34 heteroatoms. The Morgan fingerprint density at radius 2 is 0.162 bits per heavy atom. The van der Waals surface area contributed by atoms with Crippen LogP contribution in [-0.2, 0) is 0 Å². The average Bonchev–Trinajstić information content (AvgIpc) is 1.00. The SMILES string of the molecule is C.C.CN.[2HH].[Ar].[Ar].[Ar].[Ar].[Ar].[Ar].[Ar].[Ar].[Ar].[Ar].[Ar].[Ar].[Ar].[Ar].[Ar].[Ar].[Ar].[Ar].[Ar].[Ar].[Ar].[Ar].[Ar].[Ar].[Ar].[Ar].[Ar].[Ar].[Ar].[Ar].[Ar].[Ar].[Ar]. The number of nitrogens with two attached hydrogens (primary N) is 1. The molecule has 0 aliphatic heterocycles. The van der Waals surface area contributed by atoms with E-state index in [1.165, 1.54) is 7.05 Å². The van der Waals surface area contributed by atoms with Crippen molar-refractivity contribution in [1.82, 2.24) is 0 Å². The predicted molar refractivity (Wildman–Crippen MR) is 25.7 cm³/mol. The van der Waals surface area contributed by atoms with E-state index in [0.29, 0.717) is 0 Å². The fourth-order valence-electron chi connectivity index (χ4n) is 0. The van der Waals surface area contributed by atoms with E-state index in [9.17, 15) is 0 Å². The summed E-state index contributed by atoms with van der Waals surface area (Å²) in [4.78, 5) is 0. The minimum atomic E-state index is 0. The third kappa shape index (κ3) is 256. The molecule has 0 spiro atoms. The van der Waals surface area contributed by atoms with Crippen LogP contribution in [0.3, 0.4) is 0 Å². The molecule has 0 bridgehead atoms. The van der Waals surface area contributed by atoms with Crippen LogP contribution in [0.1, 0.15) is 16.3 Å². The molecular formula is C3H15Ar33N. The summed E-state index contributed by atoms with van der Waals surface area (Å²) in [6.45, 7) is 0. The van der Waals surface area contributed by atoms with Crippen molar-refractivity contribution in [2.75, 3.05) is 7.05 Å². The molecule has 0 aromatic carbocycles. The Bertz CT molecular complexity index is 28.2. The van der Waals surface area contributed by atoms with Crippen molar-refractivity contribution in [3.05, 3.63) is 0 Å². The Balaban J connectivity index is -0.00000000000794. The molecule has 296 valence electrons. The molecule has 0 aliphatic rings. The first kappa shape index (κ1) is 261. The summed E-state index contributed by atoms with van der Waals surface area (Å²) in [7, 11) is 1.50. The van der Waals surface area contributed by atoms with Crippen LogP contribution in [0.2, 0.25) is 0 Å². The van der Waals surface area contributed by atoms with E-state index in [4.69, 9.17) is 0 Å². The van der Waals surface area contributed by atoms with Gasteiger partial charge in [-0.3, -0.25) is 0 Å². The van der Waals surface area contributed by atoms with Crippen molar-refractivity contribution in [2.24, 2.45) is 5.73 Å². The van der Waals surface area contributed by atoms with Crippen molar-refractivity contribution in [3.8, 4) is 0 Å². The first-order valence-electron chi connectivity index (χ1n) is 0.577. The second-order valence-corrected chi connectivity index (χ2v) is 0. The monoisotopic (exact) mass is 1380 g/mol. The van der Waals surface area contributed by atoms with Crippen LogP contribution >= 0.6 is 0 Å². The standard InChI is InChI=1S/CH5N.2CH4.33Ar.H2/c1-2;;;;;;;;;;;;;;;;;;;;;;;;;;;;;;;;;;;;/h2H2,1H3;2*1H4;;;;;;;;;;;;;;;;;;;;;;;;;;;;;;;;;;1H/i;;;;;;;;;;;;;;;;;;;;;;;;;;;;;;;;;;;;1+1. The topological polar surface area (TPSA) is 26.0 Å². The minimum absolute atomic E-state index is 0. The quantitative estimate of drug-likeness (QED) is 0.387. The summed E-state index contributed by atoms with van der Waals surface area (Å²) in [6, 6.07) is 0. The van der Waals surface area contributed by atoms with Gasteiger partial charge in [0.15, 0.2) is 0 Å². The summed E-state index contributed by atoms with van der Waals surface area (Å²) in [5.74, 6) is 0. The second kappa shape index (κ2) is 263. The van der Waals surface area contributed by atoms with Gasteiger partial charge in [-0.1, -0.05) is 14.9 Å². The van der Waals surface area contributed by atoms with E-state index in [0.717, 1.165) is 0 Å². The van der Waals surface area contributed by atoms with Crippen LogP contribution in [-0.4, -0.2) is 7.05 Å². The summed E-state index contributed by atoms with van der Waals surface area (Å²) in [6.07, 6.45) is 0. The molecule has 0 aromatic rings. The molecule has 2 N–H and O–H groups in total. The summed E-state index contributed by atoms with van der Waals surface area (Å²) >= 11 is 0. The number of rotatable bonds is 0. The Kier molecular flexibility index (Phi) is 1860. The van der Waals surface area contributed by atoms with E-state index < -0.39 is 0 Å². The predicted octanol–water partition coefficient (Wildman–Crippen LogP) is 1.09. The van der Waals surface area contributed by atoms with Crippen molar-refractivity contribution in [3.63, 3.8) is 0 Å². The molecular weight excluding hydrogens is 1370 g/mol. The van der Waals surface area contributed by atoms with Crippen LogP contribution in [0.15, 0.2) is 0 Å². The molecule has 0 radical (unpaired) electrons. The van der Waals surface area contributed by atoms with Gasteiger partial charge < -0.3 is 5.73 Å². The smallest absolute Gasteiger partial charge is 0 e. The molecule has 0 saturated heterocycles. The zero-order chi connectivity index (χ0) is 2.00. The van der Waals surface area contributed by atoms with Crippen LogP contribution in [0.4, 0.5) is 0 Å². The third-order valence-electron chi connectivity index (χ3n) is 0. The third-order valence-corrected chi connectivity index (χ3v) is 0. The molecule has 1 nitrogen and oxygen atoms in total. The molecule has 37 heavy (non-hydrogen) atoms. The van der Waals surface area contributed by atoms with Gasteiger partial charge in [0.05, 0.1) is 0 Å². The van der Waals surface area contributed by atoms with E-state index in [2.05, 4.69) is 5.73 Å². The number of hydrogen-bond donors (Lipinski definition) is 1. The normalized spacial score (nSPS) is 0.162. The molecule has 0 rings (SSSR count). The maximum Gasteiger partial charge on any atom is 0 e. The van der Waals surface area contributed by atoms with Crippen molar-refractivity contribution >= 4 is 0 Å². The summed E-state index contributed by atoms with van der Waals surface area (Å²) < 4.78 is 0. The first-order chi connectivity index (χ1) is 1.00. The van der Waals surface area contributed by atoms with Crippen molar-refractivity contribution in [2.45, 2.75) is 14.9 Å². The van der Waals surface area contributed by atoms with Gasteiger partial charge in [0.2, 0.25) is 0 Å². The van der Waals surface area contributed by atoms with Gasteiger partial charge >= 0.3 is 0 Å². The summed E-state index contributed by atoms with van der Waals surface area (Å²) in [5, 5.41) is 0. The minimum Gasteiger partial charge on any atom is -0.333 e. The van der Waals surface area contributed by atoms with Crippen molar-refractivity contribution in [1.29, 1.82) is 0 Å². The van der Waals surface area contributed by atoms with Crippen LogP contribution in [0.25, 0.3) is 0 Å². The maximum atomic E-state index is 4.50. The van der Waals surface area contributed by atoms with Gasteiger partial charge in [-0.05, 0) is 7.05 Å². The van der Waals surface area contributed by atoms with Gasteiger partial charge in [0.25, 0.3) is 0 Å². The summed E-state index contributed by atoms with van der Waals surface area (Å²) in [5.41, 5.74) is 4.50. The number of hydrogen-bond acceptors (Lipinski definition) is 1. The molecule has 0 atom stereocenters. The van der Waals surface area contributed by atoms with Gasteiger partial charge in [-0.15, -0.1) is 0 Å². The molecule has 0 saturated carbocycles. The van der Waals surface area contributed by atoms with Gasteiger partial charge in [0.1, 0.15) is 0 Å². The van der Waals surface area contributed by atoms with Gasteiger partial charge in [-0.25, -0.2) is 0 Å². The molecule has 0 fully saturated rings. The Hall–Kier alpha value is 41.5. The molecule has 0 unspecified atom stereocenters. The van der Waals surface area contributed by atoms with Gasteiger partial charge in [-0.2, -0.15) is 0 Å². The van der Waals surface area contributed by atoms with Crippen LogP contribution in [0, 0.1) is 1250 Å². The van der Waals surface area contributed by atoms with Crippen molar-refractivity contribution < 1.29 is 1250 Å². The van der Waals surface area contributed by atoms with E-state index in [-0.39, 0.29) is 1260 Å².